The van der Waals surface area contributed by atoms with Gasteiger partial charge in [0, 0.05) is 26.0 Å². The van der Waals surface area contributed by atoms with Gasteiger partial charge in [0.2, 0.25) is 5.89 Å². The molecule has 2 aromatic heterocycles. The zero-order valence-corrected chi connectivity index (χ0v) is 17.4. The molecule has 0 aliphatic carbocycles. The number of aryl methyl sites for hydroxylation is 2. The van der Waals surface area contributed by atoms with Crippen molar-refractivity contribution in [2.45, 2.75) is 26.9 Å². The third kappa shape index (κ3) is 4.84. The van der Waals surface area contributed by atoms with Gasteiger partial charge in [0.25, 0.3) is 0 Å². The zero-order chi connectivity index (χ0) is 17.6. The molecule has 0 fully saturated rings. The summed E-state index contributed by atoms with van der Waals surface area (Å²) in [6.07, 6.45) is 3.70. The minimum atomic E-state index is 0. The average Bonchev–Trinajstić information content (AvgIpc) is 3.26. The topological polar surface area (TPSA) is 80.3 Å². The molecular weight excluding hydrogens is 443 g/mol. The first-order valence-corrected chi connectivity index (χ1v) is 8.12. The quantitative estimate of drug-likeness (QED) is 0.344. The molecule has 2 N–H and O–H groups in total. The van der Waals surface area contributed by atoms with Crippen LogP contribution in [0.2, 0.25) is 0 Å². The number of rotatable bonds is 5. The molecule has 0 aliphatic heterocycles. The second kappa shape index (κ2) is 9.37. The Balaban J connectivity index is 0.00000243. The Morgan fingerprint density at radius 2 is 1.92 bits per heavy atom. The Bertz CT molecular complexity index is 837. The molecule has 0 saturated carbocycles. The van der Waals surface area contributed by atoms with Gasteiger partial charge in [0.1, 0.15) is 5.76 Å². The Morgan fingerprint density at radius 3 is 2.58 bits per heavy atom. The lowest BCUT2D eigenvalue weighted by Crippen LogP contribution is -2.36. The van der Waals surface area contributed by atoms with Crippen LogP contribution in [0.3, 0.4) is 0 Å². The van der Waals surface area contributed by atoms with Crippen molar-refractivity contribution in [1.82, 2.24) is 25.4 Å². The van der Waals surface area contributed by atoms with Gasteiger partial charge in [0.15, 0.2) is 5.96 Å². The third-order valence-electron chi connectivity index (χ3n) is 3.89. The first-order chi connectivity index (χ1) is 12.2. The molecule has 26 heavy (non-hydrogen) atoms. The number of hydrogen-bond acceptors (Lipinski definition) is 4. The number of guanidine groups is 1. The molecule has 0 spiro atoms. The minimum absolute atomic E-state index is 0. The molecule has 0 saturated heterocycles. The standard InChI is InChI=1S/C18H22N6O.HI/c1-13-14(2)25-17(23-13)12-21-18(19-3)20-11-15-7-4-5-8-16(15)24-10-6-9-22-24;/h4-10H,11-12H2,1-3H3,(H2,19,20,21);1H. The van der Waals surface area contributed by atoms with E-state index in [1.165, 1.54) is 0 Å². The number of aliphatic imine (C=N–C) groups is 1. The van der Waals surface area contributed by atoms with E-state index in [-0.39, 0.29) is 24.0 Å². The van der Waals surface area contributed by atoms with Crippen molar-refractivity contribution in [1.29, 1.82) is 0 Å². The van der Waals surface area contributed by atoms with Crippen molar-refractivity contribution < 1.29 is 4.42 Å². The lowest BCUT2D eigenvalue weighted by atomic mass is 10.2. The molecule has 7 nitrogen and oxygen atoms in total. The molecule has 8 heteroatoms. The first-order valence-electron chi connectivity index (χ1n) is 8.12. The number of para-hydroxylation sites is 1. The highest BCUT2D eigenvalue weighted by Crippen LogP contribution is 2.13. The average molecular weight is 466 g/mol. The predicted octanol–water partition coefficient (Wildman–Crippen LogP) is 2.96. The van der Waals surface area contributed by atoms with E-state index < -0.39 is 0 Å². The van der Waals surface area contributed by atoms with E-state index in [4.69, 9.17) is 4.42 Å². The molecule has 0 unspecified atom stereocenters. The molecule has 0 radical (unpaired) electrons. The van der Waals surface area contributed by atoms with Gasteiger partial charge in [-0.05, 0) is 31.5 Å². The SMILES string of the molecule is CN=C(NCc1nc(C)c(C)o1)NCc1ccccc1-n1cccn1.I. The van der Waals surface area contributed by atoms with Gasteiger partial charge >= 0.3 is 0 Å². The van der Waals surface area contributed by atoms with Crippen LogP contribution >= 0.6 is 24.0 Å². The van der Waals surface area contributed by atoms with Crippen LogP contribution < -0.4 is 10.6 Å². The molecular formula is C18H23IN6O. The maximum absolute atomic E-state index is 5.57. The number of halogens is 1. The lowest BCUT2D eigenvalue weighted by Gasteiger charge is -2.13. The van der Waals surface area contributed by atoms with Crippen molar-refractivity contribution >= 4 is 29.9 Å². The second-order valence-electron chi connectivity index (χ2n) is 5.61. The lowest BCUT2D eigenvalue weighted by molar-refractivity contribution is 0.463. The van der Waals surface area contributed by atoms with Gasteiger partial charge in [-0.1, -0.05) is 18.2 Å². The van der Waals surface area contributed by atoms with Crippen LogP contribution in [-0.2, 0) is 13.1 Å². The normalized spacial score (nSPS) is 11.1. The van der Waals surface area contributed by atoms with Crippen LogP contribution in [0, 0.1) is 13.8 Å². The summed E-state index contributed by atoms with van der Waals surface area (Å²) >= 11 is 0. The van der Waals surface area contributed by atoms with E-state index in [9.17, 15) is 0 Å². The summed E-state index contributed by atoms with van der Waals surface area (Å²) in [7, 11) is 1.74. The number of nitrogens with one attached hydrogen (secondary N) is 2. The van der Waals surface area contributed by atoms with Crippen LogP contribution in [0.25, 0.3) is 5.69 Å². The van der Waals surface area contributed by atoms with Crippen molar-refractivity contribution in [3.8, 4) is 5.69 Å². The molecule has 0 aliphatic rings. The summed E-state index contributed by atoms with van der Waals surface area (Å²) in [5, 5.41) is 10.8. The van der Waals surface area contributed by atoms with Crippen LogP contribution in [0.4, 0.5) is 0 Å². The molecule has 0 atom stereocenters. The summed E-state index contributed by atoms with van der Waals surface area (Å²) in [5.41, 5.74) is 3.07. The van der Waals surface area contributed by atoms with E-state index in [0.29, 0.717) is 24.9 Å². The van der Waals surface area contributed by atoms with Crippen molar-refractivity contribution in [3.05, 3.63) is 65.6 Å². The predicted molar refractivity (Wildman–Crippen MR) is 112 cm³/mol. The summed E-state index contributed by atoms with van der Waals surface area (Å²) in [4.78, 5) is 8.60. The summed E-state index contributed by atoms with van der Waals surface area (Å²) < 4.78 is 7.42. The van der Waals surface area contributed by atoms with Crippen molar-refractivity contribution in [3.63, 3.8) is 0 Å². The summed E-state index contributed by atoms with van der Waals surface area (Å²) in [6, 6.07) is 10.0. The van der Waals surface area contributed by atoms with Gasteiger partial charge in [-0.3, -0.25) is 4.99 Å². The highest BCUT2D eigenvalue weighted by Gasteiger charge is 2.08. The maximum atomic E-state index is 5.57. The number of benzene rings is 1. The number of aromatic nitrogens is 3. The molecule has 2 heterocycles. The summed E-state index contributed by atoms with van der Waals surface area (Å²) in [5.74, 6) is 2.17. The Labute approximate surface area is 169 Å². The van der Waals surface area contributed by atoms with Gasteiger partial charge in [-0.15, -0.1) is 24.0 Å². The molecule has 3 aromatic rings. The van der Waals surface area contributed by atoms with Crippen LogP contribution in [-0.4, -0.2) is 27.8 Å². The first kappa shape index (κ1) is 20.0. The highest BCUT2D eigenvalue weighted by atomic mass is 127. The Morgan fingerprint density at radius 1 is 1.15 bits per heavy atom. The number of hydrogen-bond donors (Lipinski definition) is 2. The summed E-state index contributed by atoms with van der Waals surface area (Å²) in [6.45, 7) is 4.95. The third-order valence-corrected chi connectivity index (χ3v) is 3.89. The van der Waals surface area contributed by atoms with E-state index >= 15 is 0 Å². The molecule has 3 rings (SSSR count). The Hall–Kier alpha value is -2.36. The fraction of sp³-hybridized carbons (Fsp3) is 0.278. The monoisotopic (exact) mass is 466 g/mol. The van der Waals surface area contributed by atoms with E-state index in [0.717, 1.165) is 22.7 Å². The minimum Gasteiger partial charge on any atom is -0.444 e. The molecule has 0 amide bonds. The van der Waals surface area contributed by atoms with E-state index in [1.807, 2.05) is 49.0 Å². The second-order valence-corrected chi connectivity index (χ2v) is 5.61. The fourth-order valence-corrected chi connectivity index (χ4v) is 2.47. The maximum Gasteiger partial charge on any atom is 0.214 e. The molecule has 0 bridgehead atoms. The van der Waals surface area contributed by atoms with Gasteiger partial charge in [0.05, 0.1) is 17.9 Å². The number of oxazole rings is 1. The van der Waals surface area contributed by atoms with E-state index in [2.05, 4.69) is 31.8 Å². The van der Waals surface area contributed by atoms with E-state index in [1.54, 1.807) is 13.2 Å². The van der Waals surface area contributed by atoms with Gasteiger partial charge in [-0.2, -0.15) is 5.10 Å². The van der Waals surface area contributed by atoms with Crippen LogP contribution in [0.5, 0.6) is 0 Å². The fourth-order valence-electron chi connectivity index (χ4n) is 2.47. The van der Waals surface area contributed by atoms with Crippen molar-refractivity contribution in [2.75, 3.05) is 7.05 Å². The molecule has 138 valence electrons. The highest BCUT2D eigenvalue weighted by molar-refractivity contribution is 14.0. The van der Waals surface area contributed by atoms with Gasteiger partial charge in [-0.25, -0.2) is 9.67 Å². The Kier molecular flexibility index (Phi) is 7.19. The largest absolute Gasteiger partial charge is 0.444 e. The zero-order valence-electron chi connectivity index (χ0n) is 15.1. The van der Waals surface area contributed by atoms with Gasteiger partial charge < -0.3 is 15.1 Å². The smallest absolute Gasteiger partial charge is 0.214 e. The number of nitrogens with zero attached hydrogens (tertiary/aromatic N) is 4. The van der Waals surface area contributed by atoms with Crippen LogP contribution in [0.1, 0.15) is 22.9 Å². The van der Waals surface area contributed by atoms with Crippen LogP contribution in [0.15, 0.2) is 52.1 Å². The molecule has 1 aromatic carbocycles. The van der Waals surface area contributed by atoms with Crippen molar-refractivity contribution in [2.24, 2.45) is 4.99 Å².